The number of nitrogens with one attached hydrogen (secondary N) is 1. The predicted molar refractivity (Wildman–Crippen MR) is 74.7 cm³/mol. The van der Waals surface area contributed by atoms with E-state index < -0.39 is 0 Å². The van der Waals surface area contributed by atoms with Gasteiger partial charge in [0.1, 0.15) is 0 Å². The van der Waals surface area contributed by atoms with Gasteiger partial charge in [0.2, 0.25) is 0 Å². The molecule has 0 amide bonds. The second-order valence-corrected chi connectivity index (χ2v) is 5.21. The summed E-state index contributed by atoms with van der Waals surface area (Å²) in [5.41, 5.74) is 1.32. The summed E-state index contributed by atoms with van der Waals surface area (Å²) in [6.45, 7) is 5.60. The molecule has 1 aliphatic heterocycles. The Kier molecular flexibility index (Phi) is 5.11. The van der Waals surface area contributed by atoms with Crippen LogP contribution in [0.4, 0.5) is 0 Å². The third kappa shape index (κ3) is 4.05. The molecule has 2 heterocycles. The van der Waals surface area contributed by atoms with Gasteiger partial charge in [0.25, 0.3) is 0 Å². The van der Waals surface area contributed by atoms with E-state index in [9.17, 15) is 0 Å². The number of likely N-dealkylation sites (N-methyl/N-ethyl adjacent to an activating group) is 2. The van der Waals surface area contributed by atoms with E-state index in [4.69, 9.17) is 0 Å². The quantitative estimate of drug-likeness (QED) is 0.820. The molecule has 1 aromatic rings. The van der Waals surface area contributed by atoms with E-state index >= 15 is 0 Å². The van der Waals surface area contributed by atoms with Gasteiger partial charge < -0.3 is 10.2 Å². The molecule has 1 unspecified atom stereocenters. The lowest BCUT2D eigenvalue weighted by Gasteiger charge is -2.35. The molecule has 0 bridgehead atoms. The van der Waals surface area contributed by atoms with Gasteiger partial charge in [0.05, 0.1) is 0 Å². The molecule has 1 N–H and O–H groups in total. The van der Waals surface area contributed by atoms with Crippen molar-refractivity contribution in [3.05, 3.63) is 30.1 Å². The number of pyridine rings is 1. The molecule has 0 aliphatic carbocycles. The maximum Gasteiger partial charge on any atom is 0.0345 e. The van der Waals surface area contributed by atoms with Crippen LogP contribution in [0.5, 0.6) is 0 Å². The highest BCUT2D eigenvalue weighted by Crippen LogP contribution is 2.03. The topological polar surface area (TPSA) is 31.4 Å². The standard InChI is InChI=1S/C14H24N4/c1-17(8-5-13-4-3-6-15-10-13)12-14-11-16-7-9-18(14)2/h3-4,6,10,14,16H,5,7-9,11-12H2,1-2H3. The van der Waals surface area contributed by atoms with E-state index in [0.29, 0.717) is 6.04 Å². The van der Waals surface area contributed by atoms with Gasteiger partial charge in [0.15, 0.2) is 0 Å². The molecular weight excluding hydrogens is 224 g/mol. The molecule has 0 saturated carbocycles. The predicted octanol–water partition coefficient (Wildman–Crippen LogP) is 0.460. The molecular formula is C14H24N4. The number of hydrogen-bond acceptors (Lipinski definition) is 4. The summed E-state index contributed by atoms with van der Waals surface area (Å²) in [6, 6.07) is 4.79. The van der Waals surface area contributed by atoms with Crippen LogP contribution in [-0.2, 0) is 6.42 Å². The number of piperazine rings is 1. The zero-order chi connectivity index (χ0) is 12.8. The summed E-state index contributed by atoms with van der Waals surface area (Å²) >= 11 is 0. The van der Waals surface area contributed by atoms with Crippen LogP contribution in [0.2, 0.25) is 0 Å². The minimum absolute atomic E-state index is 0.637. The Labute approximate surface area is 110 Å². The van der Waals surface area contributed by atoms with Gasteiger partial charge in [-0.25, -0.2) is 0 Å². The Balaban J connectivity index is 1.73. The Morgan fingerprint density at radius 1 is 1.56 bits per heavy atom. The van der Waals surface area contributed by atoms with Crippen LogP contribution >= 0.6 is 0 Å². The number of rotatable bonds is 5. The van der Waals surface area contributed by atoms with Crippen LogP contribution in [0.15, 0.2) is 24.5 Å². The fourth-order valence-corrected chi connectivity index (χ4v) is 2.38. The van der Waals surface area contributed by atoms with Crippen LogP contribution in [0.3, 0.4) is 0 Å². The minimum Gasteiger partial charge on any atom is -0.314 e. The third-order valence-electron chi connectivity index (χ3n) is 3.67. The Hall–Kier alpha value is -0.970. The normalized spacial score (nSPS) is 21.4. The van der Waals surface area contributed by atoms with Gasteiger partial charge in [-0.3, -0.25) is 9.88 Å². The van der Waals surface area contributed by atoms with Crippen molar-refractivity contribution in [2.24, 2.45) is 0 Å². The van der Waals surface area contributed by atoms with Crippen molar-refractivity contribution < 1.29 is 0 Å². The van der Waals surface area contributed by atoms with Crippen LogP contribution in [0, 0.1) is 0 Å². The molecule has 1 fully saturated rings. The van der Waals surface area contributed by atoms with E-state index in [1.165, 1.54) is 5.56 Å². The number of aromatic nitrogens is 1. The lowest BCUT2D eigenvalue weighted by Crippen LogP contribution is -2.53. The fraction of sp³-hybridized carbons (Fsp3) is 0.643. The van der Waals surface area contributed by atoms with Crippen molar-refractivity contribution in [1.29, 1.82) is 0 Å². The highest BCUT2D eigenvalue weighted by atomic mass is 15.2. The molecule has 4 heteroatoms. The van der Waals surface area contributed by atoms with Crippen molar-refractivity contribution in [3.63, 3.8) is 0 Å². The average Bonchev–Trinajstić information content (AvgIpc) is 2.40. The molecule has 1 aliphatic rings. The summed E-state index contributed by atoms with van der Waals surface area (Å²) < 4.78 is 0. The first-order valence-corrected chi connectivity index (χ1v) is 6.74. The molecule has 2 rings (SSSR count). The smallest absolute Gasteiger partial charge is 0.0345 e. The minimum atomic E-state index is 0.637. The third-order valence-corrected chi connectivity index (χ3v) is 3.67. The average molecular weight is 248 g/mol. The van der Waals surface area contributed by atoms with Gasteiger partial charge in [0, 0.05) is 51.2 Å². The number of nitrogens with zero attached hydrogens (tertiary/aromatic N) is 3. The molecule has 18 heavy (non-hydrogen) atoms. The second kappa shape index (κ2) is 6.83. The van der Waals surface area contributed by atoms with E-state index in [1.807, 2.05) is 18.5 Å². The summed E-state index contributed by atoms with van der Waals surface area (Å²) in [5.74, 6) is 0. The van der Waals surface area contributed by atoms with Gasteiger partial charge in [-0.2, -0.15) is 0 Å². The van der Waals surface area contributed by atoms with Gasteiger partial charge in [-0.15, -0.1) is 0 Å². The van der Waals surface area contributed by atoms with Crippen LogP contribution in [0.1, 0.15) is 5.56 Å². The van der Waals surface area contributed by atoms with Crippen molar-refractivity contribution in [2.75, 3.05) is 46.8 Å². The highest BCUT2D eigenvalue weighted by molar-refractivity contribution is 5.08. The number of hydrogen-bond donors (Lipinski definition) is 1. The Morgan fingerprint density at radius 3 is 3.17 bits per heavy atom. The van der Waals surface area contributed by atoms with Crippen LogP contribution < -0.4 is 5.32 Å². The van der Waals surface area contributed by atoms with Crippen molar-refractivity contribution in [3.8, 4) is 0 Å². The zero-order valence-electron chi connectivity index (χ0n) is 11.5. The maximum absolute atomic E-state index is 4.15. The Bertz CT molecular complexity index is 341. The first-order chi connectivity index (χ1) is 8.75. The van der Waals surface area contributed by atoms with Gasteiger partial charge in [-0.05, 0) is 32.1 Å². The summed E-state index contributed by atoms with van der Waals surface area (Å²) in [7, 11) is 4.43. The van der Waals surface area contributed by atoms with Crippen molar-refractivity contribution in [2.45, 2.75) is 12.5 Å². The molecule has 0 spiro atoms. The molecule has 100 valence electrons. The lowest BCUT2D eigenvalue weighted by molar-refractivity contribution is 0.153. The fourth-order valence-electron chi connectivity index (χ4n) is 2.38. The molecule has 1 atom stereocenters. The molecule has 0 radical (unpaired) electrons. The van der Waals surface area contributed by atoms with Crippen LogP contribution in [0.25, 0.3) is 0 Å². The SMILES string of the molecule is CN(CCc1cccnc1)CC1CNCCN1C. The summed E-state index contributed by atoms with van der Waals surface area (Å²) in [4.78, 5) is 9.03. The first kappa shape index (κ1) is 13.5. The largest absolute Gasteiger partial charge is 0.314 e. The lowest BCUT2D eigenvalue weighted by atomic mass is 10.1. The zero-order valence-corrected chi connectivity index (χ0v) is 11.5. The van der Waals surface area contributed by atoms with Crippen molar-refractivity contribution in [1.82, 2.24) is 20.1 Å². The van der Waals surface area contributed by atoms with E-state index in [2.05, 4.69) is 40.3 Å². The Morgan fingerprint density at radius 2 is 2.44 bits per heavy atom. The van der Waals surface area contributed by atoms with E-state index in [1.54, 1.807) is 0 Å². The van der Waals surface area contributed by atoms with Gasteiger partial charge >= 0.3 is 0 Å². The molecule has 1 saturated heterocycles. The second-order valence-electron chi connectivity index (χ2n) is 5.21. The summed E-state index contributed by atoms with van der Waals surface area (Å²) in [6.07, 6.45) is 4.87. The maximum atomic E-state index is 4.15. The van der Waals surface area contributed by atoms with Crippen LogP contribution in [-0.4, -0.2) is 67.6 Å². The molecule has 1 aromatic heterocycles. The van der Waals surface area contributed by atoms with E-state index in [-0.39, 0.29) is 0 Å². The van der Waals surface area contributed by atoms with Crippen molar-refractivity contribution >= 4 is 0 Å². The molecule has 4 nitrogen and oxygen atoms in total. The summed E-state index contributed by atoms with van der Waals surface area (Å²) in [5, 5.41) is 3.47. The van der Waals surface area contributed by atoms with Gasteiger partial charge in [-0.1, -0.05) is 6.07 Å². The highest BCUT2D eigenvalue weighted by Gasteiger charge is 2.19. The first-order valence-electron chi connectivity index (χ1n) is 6.74. The monoisotopic (exact) mass is 248 g/mol. The van der Waals surface area contributed by atoms with E-state index in [0.717, 1.165) is 39.1 Å². The molecule has 0 aromatic carbocycles.